The van der Waals surface area contributed by atoms with E-state index < -0.39 is 17.6 Å². The van der Waals surface area contributed by atoms with Gasteiger partial charge in [-0.2, -0.15) is 11.8 Å². The molecule has 0 saturated heterocycles. The van der Waals surface area contributed by atoms with Gasteiger partial charge in [-0.1, -0.05) is 69.0 Å². The molecule has 0 unspecified atom stereocenters. The summed E-state index contributed by atoms with van der Waals surface area (Å²) in [6.45, 7) is 6.57. The Hall–Kier alpha value is -2.20. The van der Waals surface area contributed by atoms with E-state index in [1.165, 1.54) is 6.42 Å². The highest BCUT2D eigenvalue weighted by molar-refractivity contribution is 7.99. The molecule has 4 atom stereocenters. The number of ether oxygens (including phenoxy) is 3. The van der Waals surface area contributed by atoms with Crippen molar-refractivity contribution >= 4 is 29.5 Å². The normalized spacial score (nSPS) is 19.4. The van der Waals surface area contributed by atoms with Gasteiger partial charge in [-0.3, -0.25) is 14.4 Å². The van der Waals surface area contributed by atoms with Crippen molar-refractivity contribution in [1.29, 1.82) is 0 Å². The van der Waals surface area contributed by atoms with Crippen LogP contribution in [0.4, 0.5) is 0 Å². The summed E-state index contributed by atoms with van der Waals surface area (Å²) in [5.41, 5.74) is 1.50. The Balaban J connectivity index is 1.62. The predicted octanol–water partition coefficient (Wildman–Crippen LogP) is 5.85. The number of carbonyl (C=O) groups excluding carboxylic acids is 3. The van der Waals surface area contributed by atoms with Gasteiger partial charge in [-0.15, -0.1) is 0 Å². The molecule has 2 rings (SSSR count). The number of aliphatic hydroxyl groups excluding tert-OH is 2. The van der Waals surface area contributed by atoms with Crippen molar-refractivity contribution in [3.05, 3.63) is 47.5 Å². The van der Waals surface area contributed by atoms with Crippen LogP contribution < -0.4 is 0 Å². The number of methoxy groups -OCH3 is 1. The van der Waals surface area contributed by atoms with Crippen molar-refractivity contribution in [2.75, 3.05) is 31.8 Å². The number of carbonyl (C=O) groups is 3. The fourth-order valence-electron chi connectivity index (χ4n) is 5.46. The maximum atomic E-state index is 12.6. The van der Waals surface area contributed by atoms with Gasteiger partial charge in [0.1, 0.15) is 19.0 Å². The van der Waals surface area contributed by atoms with E-state index in [0.717, 1.165) is 48.3 Å². The fourth-order valence-corrected chi connectivity index (χ4v) is 6.43. The van der Waals surface area contributed by atoms with Gasteiger partial charge < -0.3 is 24.4 Å². The third kappa shape index (κ3) is 14.3. The largest absolute Gasteiger partial charge is 0.462 e. The lowest BCUT2D eigenvalue weighted by molar-refractivity contribution is -0.159. The molecular formula is C35H54O8S. The number of rotatable bonds is 22. The Kier molecular flexibility index (Phi) is 17.9. The quantitative estimate of drug-likeness (QED) is 0.0920. The van der Waals surface area contributed by atoms with Crippen LogP contribution in [-0.2, 0) is 41.6 Å². The van der Waals surface area contributed by atoms with E-state index in [9.17, 15) is 24.6 Å². The molecule has 0 aliphatic heterocycles. The van der Waals surface area contributed by atoms with Crippen molar-refractivity contribution in [3.8, 4) is 0 Å². The molecule has 9 heteroatoms. The molecule has 0 heterocycles. The Bertz CT molecular complexity index is 1040. The van der Waals surface area contributed by atoms with Crippen LogP contribution in [0.2, 0.25) is 0 Å². The molecular weight excluding hydrogens is 580 g/mol. The van der Waals surface area contributed by atoms with Crippen LogP contribution in [0.3, 0.4) is 0 Å². The van der Waals surface area contributed by atoms with Crippen LogP contribution in [0.1, 0.15) is 89.7 Å². The van der Waals surface area contributed by atoms with Crippen LogP contribution >= 0.6 is 11.8 Å². The van der Waals surface area contributed by atoms with Gasteiger partial charge in [0.25, 0.3) is 0 Å². The molecule has 1 saturated carbocycles. The molecule has 8 nitrogen and oxygen atoms in total. The third-order valence-corrected chi connectivity index (χ3v) is 9.17. The summed E-state index contributed by atoms with van der Waals surface area (Å²) in [7, 11) is 1.64. The van der Waals surface area contributed by atoms with Crippen LogP contribution in [0.15, 0.2) is 36.4 Å². The highest BCUT2D eigenvalue weighted by Gasteiger charge is 2.39. The summed E-state index contributed by atoms with van der Waals surface area (Å²) in [5.74, 6) is 0.381. The summed E-state index contributed by atoms with van der Waals surface area (Å²) >= 11 is 1.67. The molecule has 248 valence electrons. The smallest absolute Gasteiger partial charge is 0.311 e. The number of aliphatic hydroxyl groups is 2. The molecule has 0 radical (unpaired) electrons. The van der Waals surface area contributed by atoms with Gasteiger partial charge in [-0.05, 0) is 55.7 Å². The first-order chi connectivity index (χ1) is 21.1. The van der Waals surface area contributed by atoms with Crippen LogP contribution in [0, 0.1) is 17.3 Å². The number of thioether (sulfide) groups is 1. The molecule has 0 bridgehead atoms. The van der Waals surface area contributed by atoms with Gasteiger partial charge in [0.15, 0.2) is 0 Å². The minimum absolute atomic E-state index is 0.0543. The zero-order valence-corrected chi connectivity index (χ0v) is 27.9. The highest BCUT2D eigenvalue weighted by atomic mass is 32.2. The lowest BCUT2D eigenvalue weighted by Crippen LogP contribution is -2.28. The molecule has 0 aromatic heterocycles. The van der Waals surface area contributed by atoms with Crippen molar-refractivity contribution < 1.29 is 38.8 Å². The standard InChI is InChI=1S/C35H54O8S/c1-5-6-7-8-17-35(2,3)34(40)43-19-18-42-33(39)13-10-20-44-21-16-30-29(31(37)24-32(30)38)15-14-28(36)23-26-11-9-12-27(22-26)25-41-4/h9,11-12,14-15,22,28-31,36-37H,5-8,10,13,16-21,23-25H2,1-4H3/b15-14+/t28-,29-,30-,31-/m1/s1. The SMILES string of the molecule is CCCCCCC(C)(C)C(=O)OCCOC(=O)CCCSCC[C@H]1C(=O)C[C@@H](O)[C@@H]1/C=C/[C@@H](O)Cc1cccc(COC)c1. The average molecular weight is 635 g/mol. The van der Waals surface area contributed by atoms with Gasteiger partial charge in [0, 0.05) is 38.2 Å². The number of benzene rings is 1. The lowest BCUT2D eigenvalue weighted by Gasteiger charge is -2.22. The van der Waals surface area contributed by atoms with Gasteiger partial charge in [-0.25, -0.2) is 0 Å². The molecule has 0 amide bonds. The van der Waals surface area contributed by atoms with Crippen LogP contribution in [-0.4, -0.2) is 72.0 Å². The van der Waals surface area contributed by atoms with Crippen molar-refractivity contribution in [1.82, 2.24) is 0 Å². The molecule has 44 heavy (non-hydrogen) atoms. The van der Waals surface area contributed by atoms with E-state index >= 15 is 0 Å². The summed E-state index contributed by atoms with van der Waals surface area (Å²) in [5, 5.41) is 21.0. The number of unbranched alkanes of at least 4 members (excludes halogenated alkanes) is 3. The lowest BCUT2D eigenvalue weighted by atomic mass is 9.87. The number of esters is 2. The summed E-state index contributed by atoms with van der Waals surface area (Å²) in [6.07, 6.45) is 9.39. The molecule has 1 aromatic carbocycles. The second-order valence-electron chi connectivity index (χ2n) is 12.4. The molecule has 1 aliphatic carbocycles. The van der Waals surface area contributed by atoms with Gasteiger partial charge in [0.2, 0.25) is 0 Å². The first-order valence-electron chi connectivity index (χ1n) is 16.1. The zero-order chi connectivity index (χ0) is 32.4. The van der Waals surface area contributed by atoms with E-state index in [4.69, 9.17) is 14.2 Å². The highest BCUT2D eigenvalue weighted by Crippen LogP contribution is 2.34. The van der Waals surface area contributed by atoms with E-state index in [0.29, 0.717) is 25.9 Å². The molecule has 2 N–H and O–H groups in total. The second kappa shape index (κ2) is 20.8. The van der Waals surface area contributed by atoms with E-state index in [1.54, 1.807) is 31.0 Å². The summed E-state index contributed by atoms with van der Waals surface area (Å²) < 4.78 is 15.7. The molecule has 0 spiro atoms. The predicted molar refractivity (Wildman–Crippen MR) is 174 cm³/mol. The molecule has 1 aromatic rings. The summed E-state index contributed by atoms with van der Waals surface area (Å²) in [6, 6.07) is 7.87. The topological polar surface area (TPSA) is 119 Å². The number of ketones is 1. The fraction of sp³-hybridized carbons (Fsp3) is 0.686. The minimum atomic E-state index is -0.739. The van der Waals surface area contributed by atoms with Crippen molar-refractivity contribution in [2.45, 2.75) is 104 Å². The Morgan fingerprint density at radius 1 is 1.09 bits per heavy atom. The Morgan fingerprint density at radius 2 is 1.84 bits per heavy atom. The van der Waals surface area contributed by atoms with E-state index in [2.05, 4.69) is 6.92 Å². The second-order valence-corrected chi connectivity index (χ2v) is 13.6. The Labute approximate surface area is 268 Å². The maximum Gasteiger partial charge on any atom is 0.311 e. The zero-order valence-electron chi connectivity index (χ0n) is 27.1. The third-order valence-electron chi connectivity index (χ3n) is 8.07. The van der Waals surface area contributed by atoms with E-state index in [1.807, 2.05) is 38.1 Å². The number of hydrogen-bond donors (Lipinski definition) is 2. The first kappa shape index (κ1) is 38.0. The molecule has 1 fully saturated rings. The monoisotopic (exact) mass is 634 g/mol. The van der Waals surface area contributed by atoms with Gasteiger partial charge in [0.05, 0.1) is 24.2 Å². The maximum absolute atomic E-state index is 12.6. The number of hydrogen-bond acceptors (Lipinski definition) is 9. The number of Topliss-reactive ketones (excluding diaryl/α,β-unsaturated/α-hetero) is 1. The Morgan fingerprint density at radius 3 is 2.59 bits per heavy atom. The van der Waals surface area contributed by atoms with Crippen molar-refractivity contribution in [3.63, 3.8) is 0 Å². The average Bonchev–Trinajstić information content (AvgIpc) is 3.25. The van der Waals surface area contributed by atoms with Crippen molar-refractivity contribution in [2.24, 2.45) is 17.3 Å². The van der Waals surface area contributed by atoms with Crippen LogP contribution in [0.5, 0.6) is 0 Å². The minimum Gasteiger partial charge on any atom is -0.462 e. The van der Waals surface area contributed by atoms with Crippen LogP contribution in [0.25, 0.3) is 0 Å². The summed E-state index contributed by atoms with van der Waals surface area (Å²) in [4.78, 5) is 37.0. The first-order valence-corrected chi connectivity index (χ1v) is 17.3. The van der Waals surface area contributed by atoms with E-state index in [-0.39, 0.29) is 55.6 Å². The molecule has 1 aliphatic rings. The van der Waals surface area contributed by atoms with Gasteiger partial charge >= 0.3 is 11.9 Å².